The molecular formula is C20H27N3O4. The summed E-state index contributed by atoms with van der Waals surface area (Å²) >= 11 is 0. The molecule has 1 aromatic rings. The minimum absolute atomic E-state index is 0.0289. The third kappa shape index (κ3) is 4.59. The molecule has 3 amide bonds. The first-order valence-electron chi connectivity index (χ1n) is 9.72. The van der Waals surface area contributed by atoms with E-state index >= 15 is 0 Å². The van der Waals surface area contributed by atoms with Crippen molar-refractivity contribution in [3.63, 3.8) is 0 Å². The number of para-hydroxylation sites is 2. The maximum atomic E-state index is 12.4. The van der Waals surface area contributed by atoms with Crippen LogP contribution < -0.4 is 20.5 Å². The van der Waals surface area contributed by atoms with E-state index in [0.717, 1.165) is 25.7 Å². The maximum Gasteiger partial charge on any atom is 0.243 e. The number of nitrogens with zero attached hydrogens (tertiary/aromatic N) is 1. The largest absolute Gasteiger partial charge is 0.492 e. The molecule has 2 fully saturated rings. The van der Waals surface area contributed by atoms with Crippen molar-refractivity contribution >= 4 is 23.4 Å². The Kier molecular flexibility index (Phi) is 6.32. The molecule has 27 heavy (non-hydrogen) atoms. The fraction of sp³-hybridized carbons (Fsp3) is 0.550. The van der Waals surface area contributed by atoms with Crippen LogP contribution in [0.2, 0.25) is 0 Å². The van der Waals surface area contributed by atoms with Gasteiger partial charge in [0.2, 0.25) is 17.7 Å². The Morgan fingerprint density at radius 1 is 1.07 bits per heavy atom. The number of ether oxygens (including phenoxy) is 1. The highest BCUT2D eigenvalue weighted by Crippen LogP contribution is 2.33. The third-order valence-corrected chi connectivity index (χ3v) is 5.24. The minimum atomic E-state index is -0.501. The highest BCUT2D eigenvalue weighted by molar-refractivity contribution is 6.01. The number of carbonyl (C=O) groups excluding carboxylic acids is 3. The molecule has 0 spiro atoms. The number of rotatable bonds is 5. The van der Waals surface area contributed by atoms with E-state index < -0.39 is 5.92 Å². The van der Waals surface area contributed by atoms with Crippen LogP contribution in [0.1, 0.15) is 45.4 Å². The zero-order valence-electron chi connectivity index (χ0n) is 15.7. The molecule has 0 radical (unpaired) electrons. The van der Waals surface area contributed by atoms with E-state index in [1.807, 2.05) is 31.2 Å². The van der Waals surface area contributed by atoms with Crippen LogP contribution in [0.3, 0.4) is 0 Å². The average molecular weight is 373 g/mol. The van der Waals surface area contributed by atoms with Crippen LogP contribution in [0.15, 0.2) is 24.3 Å². The Morgan fingerprint density at radius 3 is 2.44 bits per heavy atom. The molecule has 2 aliphatic rings. The first-order chi connectivity index (χ1) is 13.1. The number of amides is 3. The molecule has 1 atom stereocenters. The van der Waals surface area contributed by atoms with Crippen molar-refractivity contribution < 1.29 is 19.1 Å². The molecule has 1 aromatic carbocycles. The predicted molar refractivity (Wildman–Crippen MR) is 101 cm³/mol. The lowest BCUT2D eigenvalue weighted by atomic mass is 9.89. The molecule has 7 heteroatoms. The smallest absolute Gasteiger partial charge is 0.243 e. The van der Waals surface area contributed by atoms with E-state index in [1.54, 1.807) is 4.90 Å². The number of hydrogen-bond acceptors (Lipinski definition) is 4. The number of hydrogen-bond donors (Lipinski definition) is 2. The number of hydrazine groups is 1. The molecule has 0 bridgehead atoms. The van der Waals surface area contributed by atoms with Crippen LogP contribution in [-0.4, -0.2) is 30.9 Å². The van der Waals surface area contributed by atoms with Crippen LogP contribution in [0.4, 0.5) is 5.69 Å². The van der Waals surface area contributed by atoms with Crippen molar-refractivity contribution in [3.05, 3.63) is 24.3 Å². The number of carbonyl (C=O) groups is 3. The Hall–Kier alpha value is -2.57. The first-order valence-corrected chi connectivity index (χ1v) is 9.72. The fourth-order valence-corrected chi connectivity index (χ4v) is 3.77. The van der Waals surface area contributed by atoms with E-state index in [2.05, 4.69) is 10.9 Å². The van der Waals surface area contributed by atoms with Crippen LogP contribution in [-0.2, 0) is 14.4 Å². The SMILES string of the molecule is CCOc1ccccc1N1C[C@@H](C(=O)NNC(=O)C2CCCCC2)CC1=O. The van der Waals surface area contributed by atoms with Crippen LogP contribution in [0.5, 0.6) is 5.75 Å². The second kappa shape index (κ2) is 8.88. The summed E-state index contributed by atoms with van der Waals surface area (Å²) in [5, 5.41) is 0. The van der Waals surface area contributed by atoms with Gasteiger partial charge < -0.3 is 9.64 Å². The van der Waals surface area contributed by atoms with Gasteiger partial charge in [-0.25, -0.2) is 0 Å². The molecule has 7 nitrogen and oxygen atoms in total. The van der Waals surface area contributed by atoms with Crippen molar-refractivity contribution in [2.24, 2.45) is 11.8 Å². The van der Waals surface area contributed by atoms with Crippen molar-refractivity contribution in [3.8, 4) is 5.75 Å². The zero-order valence-corrected chi connectivity index (χ0v) is 15.7. The highest BCUT2D eigenvalue weighted by Gasteiger charge is 2.36. The Bertz CT molecular complexity index is 700. The lowest BCUT2D eigenvalue weighted by Crippen LogP contribution is -2.47. The quantitative estimate of drug-likeness (QED) is 0.775. The second-order valence-corrected chi connectivity index (χ2v) is 7.12. The average Bonchev–Trinajstić information content (AvgIpc) is 3.09. The van der Waals surface area contributed by atoms with E-state index in [1.165, 1.54) is 6.42 Å². The summed E-state index contributed by atoms with van der Waals surface area (Å²) in [6.45, 7) is 2.65. The second-order valence-electron chi connectivity index (χ2n) is 7.12. The molecule has 3 rings (SSSR count). The van der Waals surface area contributed by atoms with Gasteiger partial charge in [-0.3, -0.25) is 25.2 Å². The molecule has 146 valence electrons. The van der Waals surface area contributed by atoms with Gasteiger partial charge in [0.15, 0.2) is 0 Å². The summed E-state index contributed by atoms with van der Waals surface area (Å²) in [4.78, 5) is 38.6. The minimum Gasteiger partial charge on any atom is -0.492 e. The Morgan fingerprint density at radius 2 is 1.74 bits per heavy atom. The van der Waals surface area contributed by atoms with Crippen molar-refractivity contribution in [2.75, 3.05) is 18.1 Å². The van der Waals surface area contributed by atoms with Gasteiger partial charge in [0, 0.05) is 18.9 Å². The first kappa shape index (κ1) is 19.2. The van der Waals surface area contributed by atoms with Gasteiger partial charge in [-0.1, -0.05) is 31.4 Å². The van der Waals surface area contributed by atoms with Gasteiger partial charge in [0.05, 0.1) is 18.2 Å². The maximum absolute atomic E-state index is 12.4. The zero-order chi connectivity index (χ0) is 19.2. The van der Waals surface area contributed by atoms with E-state index in [4.69, 9.17) is 4.74 Å². The summed E-state index contributed by atoms with van der Waals surface area (Å²) in [7, 11) is 0. The van der Waals surface area contributed by atoms with Crippen LogP contribution in [0.25, 0.3) is 0 Å². The predicted octanol–water partition coefficient (Wildman–Crippen LogP) is 2.17. The van der Waals surface area contributed by atoms with Crippen LogP contribution >= 0.6 is 0 Å². The molecule has 1 saturated carbocycles. The summed E-state index contributed by atoms with van der Waals surface area (Å²) in [5.74, 6) is -0.492. The number of benzene rings is 1. The molecular weight excluding hydrogens is 346 g/mol. The lowest BCUT2D eigenvalue weighted by Gasteiger charge is -2.22. The molecule has 0 unspecified atom stereocenters. The summed E-state index contributed by atoms with van der Waals surface area (Å²) in [5.41, 5.74) is 5.71. The fourth-order valence-electron chi connectivity index (χ4n) is 3.77. The van der Waals surface area contributed by atoms with Crippen LogP contribution in [0, 0.1) is 11.8 Å². The molecule has 1 aliphatic carbocycles. The van der Waals surface area contributed by atoms with Gasteiger partial charge in [0.1, 0.15) is 5.75 Å². The van der Waals surface area contributed by atoms with Crippen molar-refractivity contribution in [1.29, 1.82) is 0 Å². The van der Waals surface area contributed by atoms with E-state index in [9.17, 15) is 14.4 Å². The van der Waals surface area contributed by atoms with Gasteiger partial charge in [-0.15, -0.1) is 0 Å². The van der Waals surface area contributed by atoms with Crippen molar-refractivity contribution in [2.45, 2.75) is 45.4 Å². The normalized spacial score (nSPS) is 20.4. The standard InChI is InChI=1S/C20H27N3O4/c1-2-27-17-11-7-6-10-16(17)23-13-15(12-18(23)24)20(26)22-21-19(25)14-8-4-3-5-9-14/h6-7,10-11,14-15H,2-5,8-9,12-13H2,1H3,(H,21,25)(H,22,26)/t15-/m0/s1. The molecule has 1 aliphatic heterocycles. The highest BCUT2D eigenvalue weighted by atomic mass is 16.5. The van der Waals surface area contributed by atoms with Gasteiger partial charge >= 0.3 is 0 Å². The van der Waals surface area contributed by atoms with E-state index in [0.29, 0.717) is 18.0 Å². The topological polar surface area (TPSA) is 87.7 Å². The van der Waals surface area contributed by atoms with E-state index in [-0.39, 0.29) is 36.6 Å². The lowest BCUT2D eigenvalue weighted by molar-refractivity contribution is -0.133. The molecule has 2 N–H and O–H groups in total. The molecule has 1 heterocycles. The van der Waals surface area contributed by atoms with Gasteiger partial charge in [-0.05, 0) is 31.9 Å². The number of anilines is 1. The summed E-state index contributed by atoms with van der Waals surface area (Å²) in [6.07, 6.45) is 5.12. The summed E-state index contributed by atoms with van der Waals surface area (Å²) < 4.78 is 5.59. The third-order valence-electron chi connectivity index (χ3n) is 5.24. The molecule has 1 saturated heterocycles. The monoisotopic (exact) mass is 373 g/mol. The Balaban J connectivity index is 1.57. The number of nitrogens with one attached hydrogen (secondary N) is 2. The van der Waals surface area contributed by atoms with Gasteiger partial charge in [-0.2, -0.15) is 0 Å². The van der Waals surface area contributed by atoms with Crippen molar-refractivity contribution in [1.82, 2.24) is 10.9 Å². The Labute approximate surface area is 159 Å². The summed E-state index contributed by atoms with van der Waals surface area (Å²) in [6, 6.07) is 7.31. The van der Waals surface area contributed by atoms with Gasteiger partial charge in [0.25, 0.3) is 0 Å². The molecule has 0 aromatic heterocycles.